The Labute approximate surface area is 107 Å². The monoisotopic (exact) mass is 300 g/mol. The van der Waals surface area contributed by atoms with E-state index in [1.165, 1.54) is 0 Å². The Morgan fingerprint density at radius 2 is 2.44 bits per heavy atom. The molecule has 0 amide bonds. The minimum atomic E-state index is -0.0242. The van der Waals surface area contributed by atoms with E-state index in [9.17, 15) is 0 Å². The predicted molar refractivity (Wildman–Crippen MR) is 68.3 cm³/mol. The van der Waals surface area contributed by atoms with Crippen molar-refractivity contribution in [1.82, 2.24) is 14.8 Å². The Hall–Kier alpha value is -0.720. The van der Waals surface area contributed by atoms with Crippen molar-refractivity contribution < 1.29 is 0 Å². The van der Waals surface area contributed by atoms with E-state index < -0.39 is 0 Å². The number of thiophene rings is 1. The first-order valence-corrected chi connectivity index (χ1v) is 6.74. The van der Waals surface area contributed by atoms with E-state index in [0.717, 1.165) is 21.7 Å². The molecule has 2 rings (SSSR count). The highest BCUT2D eigenvalue weighted by Gasteiger charge is 2.15. The SMILES string of the molecule is CCn1ncnc1CC(N)c1sccc1Br. The summed E-state index contributed by atoms with van der Waals surface area (Å²) in [4.78, 5) is 5.39. The second-order valence-electron chi connectivity index (χ2n) is 3.44. The highest BCUT2D eigenvalue weighted by atomic mass is 79.9. The topological polar surface area (TPSA) is 56.7 Å². The van der Waals surface area contributed by atoms with Gasteiger partial charge in [0.25, 0.3) is 0 Å². The molecule has 0 spiro atoms. The fourth-order valence-corrected chi connectivity index (χ4v) is 3.24. The first kappa shape index (κ1) is 11.8. The van der Waals surface area contributed by atoms with Crippen LogP contribution in [0.1, 0.15) is 23.7 Å². The Kier molecular flexibility index (Phi) is 3.73. The fourth-order valence-electron chi connectivity index (χ4n) is 1.57. The number of aromatic nitrogens is 3. The normalized spacial score (nSPS) is 12.9. The summed E-state index contributed by atoms with van der Waals surface area (Å²) in [6.45, 7) is 2.87. The Bertz CT molecular complexity index is 465. The molecule has 6 heteroatoms. The summed E-state index contributed by atoms with van der Waals surface area (Å²) >= 11 is 5.16. The molecule has 0 aromatic carbocycles. The summed E-state index contributed by atoms with van der Waals surface area (Å²) in [5, 5.41) is 6.16. The van der Waals surface area contributed by atoms with Crippen molar-refractivity contribution in [3.8, 4) is 0 Å². The van der Waals surface area contributed by atoms with Crippen LogP contribution in [-0.2, 0) is 13.0 Å². The summed E-state index contributed by atoms with van der Waals surface area (Å²) in [5.74, 6) is 0.940. The van der Waals surface area contributed by atoms with Gasteiger partial charge in [0, 0.05) is 28.4 Å². The number of hydrogen-bond donors (Lipinski definition) is 1. The van der Waals surface area contributed by atoms with Gasteiger partial charge in [-0.05, 0) is 34.3 Å². The zero-order valence-electron chi connectivity index (χ0n) is 8.93. The average Bonchev–Trinajstić information content (AvgIpc) is 2.86. The van der Waals surface area contributed by atoms with E-state index in [4.69, 9.17) is 5.73 Å². The molecule has 0 bridgehead atoms. The van der Waals surface area contributed by atoms with Crippen molar-refractivity contribution in [1.29, 1.82) is 0 Å². The molecule has 0 aliphatic carbocycles. The third kappa shape index (κ3) is 2.34. The lowest BCUT2D eigenvalue weighted by atomic mass is 10.2. The number of rotatable bonds is 4. The van der Waals surface area contributed by atoms with Crippen LogP contribution in [-0.4, -0.2) is 14.8 Å². The third-order valence-corrected chi connectivity index (χ3v) is 4.38. The summed E-state index contributed by atoms with van der Waals surface area (Å²) in [5.41, 5.74) is 6.15. The molecule has 0 aliphatic heterocycles. The van der Waals surface area contributed by atoms with Gasteiger partial charge < -0.3 is 5.73 Å². The number of nitrogens with zero attached hydrogens (tertiary/aromatic N) is 3. The van der Waals surface area contributed by atoms with Gasteiger partial charge in [-0.3, -0.25) is 4.68 Å². The van der Waals surface area contributed by atoms with E-state index in [-0.39, 0.29) is 6.04 Å². The molecule has 4 nitrogen and oxygen atoms in total. The van der Waals surface area contributed by atoms with E-state index in [1.807, 2.05) is 23.1 Å². The van der Waals surface area contributed by atoms with Crippen molar-refractivity contribution >= 4 is 27.3 Å². The predicted octanol–water partition coefficient (Wildman–Crippen LogP) is 2.36. The van der Waals surface area contributed by atoms with E-state index in [1.54, 1.807) is 17.7 Å². The van der Waals surface area contributed by atoms with Gasteiger partial charge in [0.1, 0.15) is 12.2 Å². The minimum absolute atomic E-state index is 0.0242. The lowest BCUT2D eigenvalue weighted by molar-refractivity contribution is 0.583. The summed E-state index contributed by atoms with van der Waals surface area (Å²) in [6.07, 6.45) is 2.29. The van der Waals surface area contributed by atoms with Crippen molar-refractivity contribution in [3.63, 3.8) is 0 Å². The van der Waals surface area contributed by atoms with Crippen LogP contribution in [0.2, 0.25) is 0 Å². The highest BCUT2D eigenvalue weighted by Crippen LogP contribution is 2.29. The minimum Gasteiger partial charge on any atom is -0.323 e. The maximum absolute atomic E-state index is 6.15. The number of nitrogens with two attached hydrogens (primary N) is 1. The van der Waals surface area contributed by atoms with Crippen LogP contribution in [0.15, 0.2) is 22.2 Å². The quantitative estimate of drug-likeness (QED) is 0.943. The molecule has 86 valence electrons. The molecule has 1 unspecified atom stereocenters. The van der Waals surface area contributed by atoms with Crippen LogP contribution in [0.3, 0.4) is 0 Å². The molecular formula is C10H13BrN4S. The van der Waals surface area contributed by atoms with Gasteiger partial charge in [-0.2, -0.15) is 5.10 Å². The molecule has 16 heavy (non-hydrogen) atoms. The molecule has 1 atom stereocenters. The largest absolute Gasteiger partial charge is 0.323 e. The lowest BCUT2D eigenvalue weighted by Crippen LogP contribution is -2.16. The molecular weight excluding hydrogens is 288 g/mol. The molecule has 0 aliphatic rings. The number of halogens is 1. The summed E-state index contributed by atoms with van der Waals surface area (Å²) < 4.78 is 2.95. The second kappa shape index (κ2) is 5.07. The molecule has 0 radical (unpaired) electrons. The van der Waals surface area contributed by atoms with Crippen LogP contribution in [0.5, 0.6) is 0 Å². The van der Waals surface area contributed by atoms with E-state index in [2.05, 4.69) is 26.0 Å². The zero-order valence-corrected chi connectivity index (χ0v) is 11.3. The fraction of sp³-hybridized carbons (Fsp3) is 0.400. The van der Waals surface area contributed by atoms with Crippen LogP contribution in [0, 0.1) is 0 Å². The van der Waals surface area contributed by atoms with Crippen LogP contribution in [0.4, 0.5) is 0 Å². The van der Waals surface area contributed by atoms with Gasteiger partial charge >= 0.3 is 0 Å². The van der Waals surface area contributed by atoms with Gasteiger partial charge in [0.05, 0.1) is 0 Å². The van der Waals surface area contributed by atoms with Crippen molar-refractivity contribution in [2.24, 2.45) is 5.73 Å². The Morgan fingerprint density at radius 1 is 1.62 bits per heavy atom. The maximum Gasteiger partial charge on any atom is 0.138 e. The van der Waals surface area contributed by atoms with Crippen molar-refractivity contribution in [2.45, 2.75) is 25.9 Å². The smallest absolute Gasteiger partial charge is 0.138 e. The third-order valence-electron chi connectivity index (χ3n) is 2.38. The molecule has 2 heterocycles. The summed E-state index contributed by atoms with van der Waals surface area (Å²) in [6, 6.07) is 1.99. The van der Waals surface area contributed by atoms with Gasteiger partial charge in [-0.25, -0.2) is 4.98 Å². The molecule has 2 N–H and O–H groups in total. The van der Waals surface area contributed by atoms with E-state index >= 15 is 0 Å². The molecule has 0 saturated carbocycles. The van der Waals surface area contributed by atoms with E-state index in [0.29, 0.717) is 6.42 Å². The molecule has 0 saturated heterocycles. The Morgan fingerprint density at radius 3 is 3.06 bits per heavy atom. The molecule has 0 fully saturated rings. The Balaban J connectivity index is 2.13. The number of hydrogen-bond acceptors (Lipinski definition) is 4. The van der Waals surface area contributed by atoms with Crippen LogP contribution in [0.25, 0.3) is 0 Å². The highest BCUT2D eigenvalue weighted by molar-refractivity contribution is 9.10. The first-order chi connectivity index (χ1) is 7.72. The van der Waals surface area contributed by atoms with Crippen molar-refractivity contribution in [2.75, 3.05) is 0 Å². The molecule has 2 aromatic rings. The average molecular weight is 301 g/mol. The van der Waals surface area contributed by atoms with Crippen LogP contribution >= 0.6 is 27.3 Å². The standard InChI is InChI=1S/C10H13BrN4S/c1-2-15-9(13-6-14-15)5-8(12)10-7(11)3-4-16-10/h3-4,6,8H,2,5,12H2,1H3. The van der Waals surface area contributed by atoms with Gasteiger partial charge in [0.15, 0.2) is 0 Å². The van der Waals surface area contributed by atoms with Gasteiger partial charge in [0.2, 0.25) is 0 Å². The zero-order chi connectivity index (χ0) is 11.5. The first-order valence-electron chi connectivity index (χ1n) is 5.07. The van der Waals surface area contributed by atoms with Gasteiger partial charge in [-0.1, -0.05) is 0 Å². The van der Waals surface area contributed by atoms with Crippen molar-refractivity contribution in [3.05, 3.63) is 32.9 Å². The van der Waals surface area contributed by atoms with Gasteiger partial charge in [-0.15, -0.1) is 11.3 Å². The number of aryl methyl sites for hydroxylation is 1. The molecule has 2 aromatic heterocycles. The summed E-state index contributed by atoms with van der Waals surface area (Å²) in [7, 11) is 0. The van der Waals surface area contributed by atoms with Crippen LogP contribution < -0.4 is 5.73 Å². The lowest BCUT2D eigenvalue weighted by Gasteiger charge is -2.10. The maximum atomic E-state index is 6.15. The second-order valence-corrected chi connectivity index (χ2v) is 5.24.